The molecule has 4 rings (SSSR count). The second-order valence-electron chi connectivity index (χ2n) is 7.20. The van der Waals surface area contributed by atoms with Crippen LogP contribution in [0.2, 0.25) is 5.02 Å². The second kappa shape index (κ2) is 9.34. The Bertz CT molecular complexity index is 1380. The number of ether oxygens (including phenoxy) is 2. The number of hydrogen-bond acceptors (Lipinski definition) is 4. The molecule has 3 aromatic carbocycles. The molecule has 33 heavy (non-hydrogen) atoms. The van der Waals surface area contributed by atoms with E-state index >= 15 is 0 Å². The van der Waals surface area contributed by atoms with Crippen molar-refractivity contribution in [2.45, 2.75) is 6.92 Å². The van der Waals surface area contributed by atoms with Gasteiger partial charge in [0, 0.05) is 17.7 Å². The molecule has 0 atom stereocenters. The predicted octanol–water partition coefficient (Wildman–Crippen LogP) is 5.78. The number of nitrogens with one attached hydrogen (secondary N) is 1. The maximum atomic E-state index is 13.5. The largest absolute Gasteiger partial charge is 0.495 e. The van der Waals surface area contributed by atoms with Gasteiger partial charge in [-0.15, -0.1) is 0 Å². The number of halogens is 2. The first kappa shape index (κ1) is 22.4. The van der Waals surface area contributed by atoms with E-state index in [9.17, 15) is 9.18 Å². The third kappa shape index (κ3) is 4.40. The number of benzene rings is 3. The van der Waals surface area contributed by atoms with Crippen molar-refractivity contribution >= 4 is 23.0 Å². The molecule has 4 aromatic rings. The molecule has 0 saturated carbocycles. The van der Waals surface area contributed by atoms with Gasteiger partial charge in [0.05, 0.1) is 41.9 Å². The van der Waals surface area contributed by atoms with E-state index < -0.39 is 0 Å². The van der Waals surface area contributed by atoms with E-state index in [0.29, 0.717) is 44.9 Å². The Morgan fingerprint density at radius 3 is 2.30 bits per heavy atom. The first-order valence-corrected chi connectivity index (χ1v) is 10.4. The number of aromatic amines is 1. The molecule has 0 aliphatic rings. The van der Waals surface area contributed by atoms with E-state index in [-0.39, 0.29) is 11.4 Å². The Morgan fingerprint density at radius 2 is 1.67 bits per heavy atom. The molecule has 0 fully saturated rings. The lowest BCUT2D eigenvalue weighted by Crippen LogP contribution is -2.19. The van der Waals surface area contributed by atoms with E-state index in [2.05, 4.69) is 10.1 Å². The molecular formula is C25H21ClFN3O3. The van der Waals surface area contributed by atoms with Gasteiger partial charge in [-0.1, -0.05) is 41.9 Å². The number of nitrogens with zero attached hydrogens (tertiary/aromatic N) is 2. The van der Waals surface area contributed by atoms with Gasteiger partial charge < -0.3 is 9.47 Å². The smallest absolute Gasteiger partial charge is 0.280 e. The van der Waals surface area contributed by atoms with Gasteiger partial charge in [-0.3, -0.25) is 9.89 Å². The molecule has 1 heterocycles. The molecule has 0 aliphatic heterocycles. The highest BCUT2D eigenvalue weighted by molar-refractivity contribution is 6.32. The third-order valence-corrected chi connectivity index (χ3v) is 5.44. The van der Waals surface area contributed by atoms with Crippen molar-refractivity contribution in [3.8, 4) is 28.4 Å². The minimum Gasteiger partial charge on any atom is -0.495 e. The third-order valence-electron chi connectivity index (χ3n) is 5.14. The molecule has 0 unspecified atom stereocenters. The van der Waals surface area contributed by atoms with E-state index in [1.807, 2.05) is 30.3 Å². The van der Waals surface area contributed by atoms with E-state index in [1.165, 1.54) is 43.2 Å². The van der Waals surface area contributed by atoms with Crippen molar-refractivity contribution in [2.75, 3.05) is 14.2 Å². The Morgan fingerprint density at radius 1 is 1.00 bits per heavy atom. The Labute approximate surface area is 194 Å². The fourth-order valence-electron chi connectivity index (χ4n) is 3.53. The average Bonchev–Trinajstić information content (AvgIpc) is 3.18. The lowest BCUT2D eigenvalue weighted by Gasteiger charge is -2.10. The van der Waals surface area contributed by atoms with Crippen LogP contribution in [0, 0.1) is 5.82 Å². The summed E-state index contributed by atoms with van der Waals surface area (Å²) in [6.45, 7) is 1.74. The van der Waals surface area contributed by atoms with Crippen molar-refractivity contribution in [2.24, 2.45) is 4.99 Å². The normalized spacial score (nSPS) is 11.5. The maximum absolute atomic E-state index is 13.5. The van der Waals surface area contributed by atoms with Gasteiger partial charge in [0.2, 0.25) is 0 Å². The fraction of sp³-hybridized carbons (Fsp3) is 0.120. The van der Waals surface area contributed by atoms with Gasteiger partial charge in [-0.2, -0.15) is 0 Å². The summed E-state index contributed by atoms with van der Waals surface area (Å²) in [6, 6.07) is 18.4. The summed E-state index contributed by atoms with van der Waals surface area (Å²) < 4.78 is 25.5. The van der Waals surface area contributed by atoms with Crippen molar-refractivity contribution in [1.82, 2.24) is 9.78 Å². The zero-order valence-corrected chi connectivity index (χ0v) is 19.0. The molecule has 0 radical (unpaired) electrons. The first-order chi connectivity index (χ1) is 15.9. The molecule has 0 bridgehead atoms. The summed E-state index contributed by atoms with van der Waals surface area (Å²) in [5.74, 6) is 0.490. The molecule has 8 heteroatoms. The Balaban J connectivity index is 1.93. The number of hydrogen-bond donors (Lipinski definition) is 1. The van der Waals surface area contributed by atoms with Crippen LogP contribution in [0.25, 0.3) is 16.9 Å². The van der Waals surface area contributed by atoms with Gasteiger partial charge in [0.25, 0.3) is 5.56 Å². The number of H-pyrrole nitrogens is 1. The number of aromatic nitrogens is 2. The summed E-state index contributed by atoms with van der Waals surface area (Å²) in [5, 5.41) is 3.54. The molecule has 168 valence electrons. The first-order valence-electron chi connectivity index (χ1n) is 10.1. The fourth-order valence-corrected chi connectivity index (χ4v) is 3.76. The quantitative estimate of drug-likeness (QED) is 0.367. The SMILES string of the molecule is COc1cc(N=C(C)c2c(-c3ccccc3)[nH]n(-c3ccc(F)cc3)c2=O)c(OC)cc1Cl. The van der Waals surface area contributed by atoms with Gasteiger partial charge in [0.1, 0.15) is 23.0 Å². The monoisotopic (exact) mass is 465 g/mol. The number of rotatable bonds is 6. The predicted molar refractivity (Wildman–Crippen MR) is 128 cm³/mol. The molecule has 1 aromatic heterocycles. The minimum absolute atomic E-state index is 0.318. The van der Waals surface area contributed by atoms with Crippen LogP contribution in [0.3, 0.4) is 0 Å². The maximum Gasteiger partial charge on any atom is 0.280 e. The standard InChI is InChI=1S/C25H21ClFN3O3/c1-15(28-20-14-21(32-2)19(26)13-22(20)33-3)23-24(16-7-5-4-6-8-16)29-30(25(23)31)18-11-9-17(27)10-12-18/h4-14,29H,1-3H3. The summed E-state index contributed by atoms with van der Waals surface area (Å²) in [5.41, 5.74) is 2.88. The highest BCUT2D eigenvalue weighted by Crippen LogP contribution is 2.38. The molecular weight excluding hydrogens is 445 g/mol. The molecule has 0 saturated heterocycles. The van der Waals surface area contributed by atoms with Crippen LogP contribution >= 0.6 is 11.6 Å². The summed E-state index contributed by atoms with van der Waals surface area (Å²) in [4.78, 5) is 18.2. The second-order valence-corrected chi connectivity index (χ2v) is 7.61. The number of aliphatic imine (C=N–C) groups is 1. The molecule has 0 aliphatic carbocycles. The summed E-state index contributed by atoms with van der Waals surface area (Å²) >= 11 is 6.21. The van der Waals surface area contributed by atoms with Gasteiger partial charge in [-0.25, -0.2) is 14.1 Å². The van der Waals surface area contributed by atoms with Crippen LogP contribution in [-0.4, -0.2) is 29.7 Å². The average molecular weight is 466 g/mol. The molecule has 0 spiro atoms. The summed E-state index contributed by atoms with van der Waals surface area (Å²) in [6.07, 6.45) is 0. The van der Waals surface area contributed by atoms with Gasteiger partial charge in [0.15, 0.2) is 0 Å². The van der Waals surface area contributed by atoms with Crippen LogP contribution in [0.15, 0.2) is 76.5 Å². The topological polar surface area (TPSA) is 68.6 Å². The summed E-state index contributed by atoms with van der Waals surface area (Å²) in [7, 11) is 3.02. The van der Waals surface area contributed by atoms with Gasteiger partial charge in [-0.05, 0) is 31.2 Å². The lowest BCUT2D eigenvalue weighted by atomic mass is 10.1. The molecule has 0 amide bonds. The highest BCUT2D eigenvalue weighted by atomic mass is 35.5. The minimum atomic E-state index is -0.386. The van der Waals surface area contributed by atoms with Crippen LogP contribution in [0.4, 0.5) is 10.1 Å². The van der Waals surface area contributed by atoms with Crippen LogP contribution < -0.4 is 15.0 Å². The zero-order valence-electron chi connectivity index (χ0n) is 18.2. The molecule has 1 N–H and O–H groups in total. The van der Waals surface area contributed by atoms with Crippen molar-refractivity contribution < 1.29 is 13.9 Å². The van der Waals surface area contributed by atoms with Crippen molar-refractivity contribution in [3.05, 3.63) is 93.5 Å². The Hall–Kier alpha value is -3.84. The molecule has 6 nitrogen and oxygen atoms in total. The zero-order chi connectivity index (χ0) is 23.5. The van der Waals surface area contributed by atoms with E-state index in [1.54, 1.807) is 19.1 Å². The van der Waals surface area contributed by atoms with Crippen molar-refractivity contribution in [1.29, 1.82) is 0 Å². The van der Waals surface area contributed by atoms with E-state index in [0.717, 1.165) is 5.56 Å². The Kier molecular flexibility index (Phi) is 6.33. The van der Waals surface area contributed by atoms with Gasteiger partial charge >= 0.3 is 0 Å². The number of methoxy groups -OCH3 is 2. The van der Waals surface area contributed by atoms with Crippen LogP contribution in [-0.2, 0) is 0 Å². The van der Waals surface area contributed by atoms with Crippen LogP contribution in [0.5, 0.6) is 11.5 Å². The lowest BCUT2D eigenvalue weighted by molar-refractivity contribution is 0.404. The highest BCUT2D eigenvalue weighted by Gasteiger charge is 2.20. The van der Waals surface area contributed by atoms with E-state index in [4.69, 9.17) is 21.1 Å². The van der Waals surface area contributed by atoms with Crippen molar-refractivity contribution in [3.63, 3.8) is 0 Å². The van der Waals surface area contributed by atoms with Crippen LogP contribution in [0.1, 0.15) is 12.5 Å².